The molecule has 0 saturated heterocycles. The molecule has 0 N–H and O–H groups in total. The molecule has 8 aromatic rings. The second-order valence-electron chi connectivity index (χ2n) is 13.8. The van der Waals surface area contributed by atoms with Crippen molar-refractivity contribution >= 4 is 90.4 Å². The number of benzene rings is 8. The lowest BCUT2D eigenvalue weighted by Crippen LogP contribution is -2.26. The van der Waals surface area contributed by atoms with Gasteiger partial charge in [0.05, 0.1) is 5.41 Å². The maximum atomic E-state index is 2.50. The number of hydrogen-bond donors (Lipinski definition) is 0. The average Bonchev–Trinajstić information content (AvgIpc) is 3.64. The molecule has 0 fully saturated rings. The molecule has 10 rings (SSSR count). The van der Waals surface area contributed by atoms with Gasteiger partial charge in [-0.1, -0.05) is 97.1 Å². The highest BCUT2D eigenvalue weighted by atomic mass is 127. The summed E-state index contributed by atoms with van der Waals surface area (Å²) < 4.78 is 4.96. The summed E-state index contributed by atoms with van der Waals surface area (Å²) in [7, 11) is 0. The largest absolute Gasteiger partial charge is 0.0726 e. The van der Waals surface area contributed by atoms with E-state index in [9.17, 15) is 0 Å². The Morgan fingerprint density at radius 2 is 0.415 bits per heavy atom. The summed E-state index contributed by atoms with van der Waals surface area (Å²) in [6.45, 7) is 0. The Morgan fingerprint density at radius 3 is 0.623 bits per heavy atom. The van der Waals surface area contributed by atoms with E-state index >= 15 is 0 Å². The van der Waals surface area contributed by atoms with Crippen LogP contribution < -0.4 is 0 Å². The van der Waals surface area contributed by atoms with Gasteiger partial charge in [0, 0.05) is 14.3 Å². The zero-order valence-electron chi connectivity index (χ0n) is 28.2. The second kappa shape index (κ2) is 13.5. The van der Waals surface area contributed by atoms with Crippen LogP contribution in [0.1, 0.15) is 22.3 Å². The lowest BCUT2D eigenvalue weighted by molar-refractivity contribution is 0.795. The lowest BCUT2D eigenvalue weighted by atomic mass is 9.69. The first-order chi connectivity index (χ1) is 25.9. The van der Waals surface area contributed by atoms with E-state index in [2.05, 4.69) is 260 Å². The molecule has 4 heteroatoms. The molecule has 2 aliphatic rings. The normalized spacial score (nSPS) is 13.1. The van der Waals surface area contributed by atoms with Gasteiger partial charge in [-0.2, -0.15) is 0 Å². The smallest absolute Gasteiger partial charge is 0.0537 e. The second-order valence-corrected chi connectivity index (χ2v) is 18.8. The van der Waals surface area contributed by atoms with Crippen LogP contribution in [0.5, 0.6) is 0 Å². The van der Waals surface area contributed by atoms with Crippen LogP contribution in [0.3, 0.4) is 0 Å². The molecule has 0 radical (unpaired) electrons. The molecular weight excluding hydrogens is 1100 g/mol. The average molecular weight is 1120 g/mol. The number of halogens is 4. The van der Waals surface area contributed by atoms with Gasteiger partial charge >= 0.3 is 0 Å². The molecule has 0 amide bonds. The van der Waals surface area contributed by atoms with Crippen molar-refractivity contribution in [2.45, 2.75) is 5.41 Å². The van der Waals surface area contributed by atoms with Crippen LogP contribution in [-0.4, -0.2) is 0 Å². The summed E-state index contributed by atoms with van der Waals surface area (Å²) in [5.41, 5.74) is 20.0. The molecule has 8 aromatic carbocycles. The molecule has 0 unspecified atom stereocenters. The Kier molecular flexibility index (Phi) is 8.68. The minimum absolute atomic E-state index is 0.522. The van der Waals surface area contributed by atoms with E-state index in [4.69, 9.17) is 0 Å². The Hall–Kier alpha value is -3.32. The zero-order valence-corrected chi connectivity index (χ0v) is 36.8. The minimum Gasteiger partial charge on any atom is -0.0537 e. The molecular formula is C49H28I4. The summed E-state index contributed by atoms with van der Waals surface area (Å²) in [5, 5.41) is 0. The minimum atomic E-state index is -0.522. The van der Waals surface area contributed by atoms with E-state index in [0.29, 0.717) is 0 Å². The molecule has 252 valence electrons. The van der Waals surface area contributed by atoms with Gasteiger partial charge in [0.15, 0.2) is 0 Å². The molecule has 0 aliphatic heterocycles. The van der Waals surface area contributed by atoms with Gasteiger partial charge in [-0.05, 0) is 252 Å². The van der Waals surface area contributed by atoms with Gasteiger partial charge in [0.2, 0.25) is 0 Å². The highest BCUT2D eigenvalue weighted by Crippen LogP contribution is 2.64. The van der Waals surface area contributed by atoms with E-state index in [0.717, 1.165) is 0 Å². The fraction of sp³-hybridized carbons (Fsp3) is 0.0204. The number of hydrogen-bond acceptors (Lipinski definition) is 0. The maximum Gasteiger partial charge on any atom is 0.0726 e. The number of fused-ring (bicyclic) bond motifs is 10. The predicted molar refractivity (Wildman–Crippen MR) is 255 cm³/mol. The maximum absolute atomic E-state index is 2.50. The van der Waals surface area contributed by atoms with Crippen LogP contribution in [-0.2, 0) is 5.41 Å². The topological polar surface area (TPSA) is 0 Å². The highest BCUT2D eigenvalue weighted by molar-refractivity contribution is 14.1. The molecule has 53 heavy (non-hydrogen) atoms. The van der Waals surface area contributed by atoms with Crippen LogP contribution >= 0.6 is 90.4 Å². The van der Waals surface area contributed by atoms with Crippen molar-refractivity contribution in [1.29, 1.82) is 0 Å². The Bertz CT molecular complexity index is 2340. The summed E-state index contributed by atoms with van der Waals surface area (Å²) in [5.74, 6) is 0. The van der Waals surface area contributed by atoms with Crippen LogP contribution in [0.2, 0.25) is 0 Å². The van der Waals surface area contributed by atoms with Crippen molar-refractivity contribution in [3.8, 4) is 66.8 Å². The SMILES string of the molecule is Ic1ccc(-c2ccc3c(c2)C2(c4cc(-c5ccc(I)cc5)ccc4-3)c3cc(-c4ccc(I)cc4)ccc3-c3ccc(-c4ccc(I)cc4)cc32)cc1. The van der Waals surface area contributed by atoms with Crippen LogP contribution in [0.4, 0.5) is 0 Å². The van der Waals surface area contributed by atoms with Crippen molar-refractivity contribution < 1.29 is 0 Å². The van der Waals surface area contributed by atoms with Crippen LogP contribution in [0, 0.1) is 14.3 Å². The van der Waals surface area contributed by atoms with Crippen LogP contribution in [0.15, 0.2) is 170 Å². The first kappa shape index (κ1) is 34.2. The van der Waals surface area contributed by atoms with Gasteiger partial charge in [-0.25, -0.2) is 0 Å². The molecule has 0 nitrogen and oxygen atoms in total. The Labute approximate surface area is 364 Å². The highest BCUT2D eigenvalue weighted by Gasteiger charge is 2.52. The fourth-order valence-electron chi connectivity index (χ4n) is 8.52. The van der Waals surface area contributed by atoms with Gasteiger partial charge < -0.3 is 0 Å². The Balaban J connectivity index is 1.31. The van der Waals surface area contributed by atoms with Gasteiger partial charge in [0.25, 0.3) is 0 Å². The van der Waals surface area contributed by atoms with Crippen molar-refractivity contribution in [3.05, 3.63) is 206 Å². The van der Waals surface area contributed by atoms with Gasteiger partial charge in [-0.15, -0.1) is 0 Å². The van der Waals surface area contributed by atoms with Crippen LogP contribution in [0.25, 0.3) is 66.8 Å². The zero-order chi connectivity index (χ0) is 35.8. The van der Waals surface area contributed by atoms with E-state index in [1.165, 1.54) is 103 Å². The third kappa shape index (κ3) is 5.68. The number of rotatable bonds is 4. The summed E-state index contributed by atoms with van der Waals surface area (Å²) in [6, 6.07) is 64.5. The monoisotopic (exact) mass is 1120 g/mol. The third-order valence-corrected chi connectivity index (χ3v) is 13.9. The van der Waals surface area contributed by atoms with E-state index in [-0.39, 0.29) is 0 Å². The first-order valence-corrected chi connectivity index (χ1v) is 21.8. The third-order valence-electron chi connectivity index (χ3n) is 11.0. The molecule has 0 saturated carbocycles. The van der Waals surface area contributed by atoms with Crippen molar-refractivity contribution in [1.82, 2.24) is 0 Å². The molecule has 0 atom stereocenters. The fourth-order valence-corrected chi connectivity index (χ4v) is 9.95. The lowest BCUT2D eigenvalue weighted by Gasteiger charge is -2.32. The van der Waals surface area contributed by atoms with Gasteiger partial charge in [0.1, 0.15) is 0 Å². The van der Waals surface area contributed by atoms with E-state index in [1.54, 1.807) is 0 Å². The van der Waals surface area contributed by atoms with E-state index < -0.39 is 5.41 Å². The van der Waals surface area contributed by atoms with E-state index in [1.807, 2.05) is 0 Å². The summed E-state index contributed by atoms with van der Waals surface area (Å²) in [6.07, 6.45) is 0. The predicted octanol–water partition coefficient (Wildman–Crippen LogP) is 15.1. The quantitative estimate of drug-likeness (QED) is 0.154. The standard InChI is InChI=1S/C49H28I4/c50-37-13-1-29(2-14-37)33-9-21-41-42-22-10-34(30-3-15-38(51)16-4-30)26-46(42)49(45(41)25-33)47-27-35(31-5-17-39(52)18-6-31)11-23-43(47)44-24-12-36(28-48(44)49)32-7-19-40(53)20-8-32/h1-28H. The summed E-state index contributed by atoms with van der Waals surface area (Å²) in [4.78, 5) is 0. The molecule has 2 aliphatic carbocycles. The molecule has 1 spiro atoms. The molecule has 0 heterocycles. The molecule has 0 aromatic heterocycles. The van der Waals surface area contributed by atoms with Crippen molar-refractivity contribution in [2.75, 3.05) is 0 Å². The van der Waals surface area contributed by atoms with Gasteiger partial charge in [-0.3, -0.25) is 0 Å². The first-order valence-electron chi connectivity index (χ1n) is 17.5. The Morgan fingerprint density at radius 1 is 0.226 bits per heavy atom. The molecule has 0 bridgehead atoms. The van der Waals surface area contributed by atoms with Crippen molar-refractivity contribution in [3.63, 3.8) is 0 Å². The summed E-state index contributed by atoms with van der Waals surface area (Å²) >= 11 is 9.60. The van der Waals surface area contributed by atoms with Crippen molar-refractivity contribution in [2.24, 2.45) is 0 Å².